The summed E-state index contributed by atoms with van der Waals surface area (Å²) in [5, 5.41) is 3.56. The number of rotatable bonds is 4. The molecule has 1 amide bonds. The first-order valence-electron chi connectivity index (χ1n) is 7.95. The monoisotopic (exact) mass is 380 g/mol. The molecule has 0 radical (unpaired) electrons. The summed E-state index contributed by atoms with van der Waals surface area (Å²) < 4.78 is 10.9. The van der Waals surface area contributed by atoms with E-state index >= 15 is 0 Å². The lowest BCUT2D eigenvalue weighted by Crippen LogP contribution is -2.23. The van der Waals surface area contributed by atoms with Gasteiger partial charge in [-0.1, -0.05) is 41.7 Å². The minimum absolute atomic E-state index is 0.263. The SMILES string of the molecule is O=C(COC(=O)c1cc2ccccc2oc1=O)Nc1nc2ccccc2s1. The van der Waals surface area contributed by atoms with Gasteiger partial charge in [0.1, 0.15) is 11.1 Å². The Morgan fingerprint density at radius 3 is 2.74 bits per heavy atom. The van der Waals surface area contributed by atoms with Gasteiger partial charge in [-0.2, -0.15) is 0 Å². The number of fused-ring (bicyclic) bond motifs is 2. The van der Waals surface area contributed by atoms with Crippen molar-refractivity contribution < 1.29 is 18.7 Å². The zero-order chi connectivity index (χ0) is 18.8. The van der Waals surface area contributed by atoms with Gasteiger partial charge in [-0.15, -0.1) is 0 Å². The Labute approximate surface area is 156 Å². The molecule has 134 valence electrons. The molecule has 2 heterocycles. The van der Waals surface area contributed by atoms with E-state index in [4.69, 9.17) is 9.15 Å². The van der Waals surface area contributed by atoms with Crippen molar-refractivity contribution in [3.8, 4) is 0 Å². The Hall–Kier alpha value is -3.52. The fourth-order valence-electron chi connectivity index (χ4n) is 2.49. The minimum atomic E-state index is -0.922. The lowest BCUT2D eigenvalue weighted by molar-refractivity contribution is -0.119. The first-order chi connectivity index (χ1) is 13.1. The molecule has 0 spiro atoms. The average Bonchev–Trinajstić information content (AvgIpc) is 3.07. The Balaban J connectivity index is 1.43. The van der Waals surface area contributed by atoms with Gasteiger partial charge in [0.05, 0.1) is 10.2 Å². The molecule has 0 aliphatic heterocycles. The first-order valence-corrected chi connectivity index (χ1v) is 8.77. The Kier molecular flexibility index (Phi) is 4.39. The van der Waals surface area contributed by atoms with Crippen molar-refractivity contribution >= 4 is 49.5 Å². The van der Waals surface area contributed by atoms with Gasteiger partial charge in [0.25, 0.3) is 5.91 Å². The second-order valence-electron chi connectivity index (χ2n) is 5.60. The summed E-state index contributed by atoms with van der Waals surface area (Å²) >= 11 is 1.31. The molecule has 1 N–H and O–H groups in total. The van der Waals surface area contributed by atoms with Gasteiger partial charge in [-0.3, -0.25) is 10.1 Å². The number of aromatic nitrogens is 1. The average molecular weight is 380 g/mol. The molecule has 27 heavy (non-hydrogen) atoms. The topological polar surface area (TPSA) is 98.5 Å². The van der Waals surface area contributed by atoms with Crippen LogP contribution < -0.4 is 10.9 Å². The van der Waals surface area contributed by atoms with Gasteiger partial charge < -0.3 is 9.15 Å². The molecule has 0 unspecified atom stereocenters. The number of nitrogens with zero attached hydrogens (tertiary/aromatic N) is 1. The lowest BCUT2D eigenvalue weighted by Gasteiger charge is -2.04. The zero-order valence-electron chi connectivity index (χ0n) is 13.8. The lowest BCUT2D eigenvalue weighted by atomic mass is 10.2. The highest BCUT2D eigenvalue weighted by Gasteiger charge is 2.17. The third-order valence-corrected chi connectivity index (χ3v) is 4.69. The van der Waals surface area contributed by atoms with Crippen LogP contribution in [0, 0.1) is 0 Å². The number of nitrogens with one attached hydrogen (secondary N) is 1. The van der Waals surface area contributed by atoms with E-state index < -0.39 is 24.1 Å². The van der Waals surface area contributed by atoms with Crippen molar-refractivity contribution in [3.05, 3.63) is 70.6 Å². The Morgan fingerprint density at radius 1 is 1.11 bits per heavy atom. The van der Waals surface area contributed by atoms with Crippen LogP contribution in [0.2, 0.25) is 0 Å². The van der Waals surface area contributed by atoms with E-state index in [9.17, 15) is 14.4 Å². The number of anilines is 1. The van der Waals surface area contributed by atoms with Crippen LogP contribution >= 0.6 is 11.3 Å². The van der Waals surface area contributed by atoms with Crippen molar-refractivity contribution in [1.29, 1.82) is 0 Å². The Morgan fingerprint density at radius 2 is 1.89 bits per heavy atom. The molecular formula is C19H12N2O5S. The third-order valence-electron chi connectivity index (χ3n) is 3.74. The molecule has 0 bridgehead atoms. The maximum absolute atomic E-state index is 12.1. The van der Waals surface area contributed by atoms with E-state index in [0.717, 1.165) is 10.2 Å². The van der Waals surface area contributed by atoms with Crippen LogP contribution in [0.1, 0.15) is 10.4 Å². The predicted octanol–water partition coefficient (Wildman–Crippen LogP) is 3.20. The number of amides is 1. The standard InChI is InChI=1S/C19H12N2O5S/c22-16(21-19-20-13-6-2-4-8-15(13)27-19)10-25-17(23)12-9-11-5-1-3-7-14(11)26-18(12)24/h1-9H,10H2,(H,20,21,22). The van der Waals surface area contributed by atoms with E-state index in [1.165, 1.54) is 17.4 Å². The molecule has 7 nitrogen and oxygen atoms in total. The van der Waals surface area contributed by atoms with Crippen LogP contribution in [0.15, 0.2) is 63.8 Å². The maximum atomic E-state index is 12.1. The number of benzene rings is 2. The van der Waals surface area contributed by atoms with E-state index in [1.807, 2.05) is 24.3 Å². The number of hydrogen-bond acceptors (Lipinski definition) is 7. The second kappa shape index (κ2) is 7.00. The summed E-state index contributed by atoms with van der Waals surface area (Å²) in [5.41, 5.74) is 0.0583. The quantitative estimate of drug-likeness (QED) is 0.431. The summed E-state index contributed by atoms with van der Waals surface area (Å²) in [6.07, 6.45) is 0. The van der Waals surface area contributed by atoms with Crippen LogP contribution in [0.3, 0.4) is 0 Å². The molecule has 4 rings (SSSR count). The summed E-state index contributed by atoms with van der Waals surface area (Å²) in [4.78, 5) is 40.3. The number of para-hydroxylation sites is 2. The molecule has 0 fully saturated rings. The Bertz CT molecular complexity index is 1190. The van der Waals surface area contributed by atoms with Gasteiger partial charge in [0.15, 0.2) is 11.7 Å². The van der Waals surface area contributed by atoms with Gasteiger partial charge in [0, 0.05) is 5.39 Å². The summed E-state index contributed by atoms with van der Waals surface area (Å²) in [5.74, 6) is -1.47. The second-order valence-corrected chi connectivity index (χ2v) is 6.63. The highest BCUT2D eigenvalue weighted by molar-refractivity contribution is 7.22. The highest BCUT2D eigenvalue weighted by atomic mass is 32.1. The van der Waals surface area contributed by atoms with Crippen LogP contribution in [-0.4, -0.2) is 23.5 Å². The number of thiazole rings is 1. The molecule has 0 saturated heterocycles. The highest BCUT2D eigenvalue weighted by Crippen LogP contribution is 2.25. The maximum Gasteiger partial charge on any atom is 0.351 e. The number of ether oxygens (including phenoxy) is 1. The largest absolute Gasteiger partial charge is 0.452 e. The molecular weight excluding hydrogens is 368 g/mol. The third kappa shape index (κ3) is 3.56. The van der Waals surface area contributed by atoms with Crippen molar-refractivity contribution in [1.82, 2.24) is 4.98 Å². The number of esters is 1. The summed E-state index contributed by atoms with van der Waals surface area (Å²) in [7, 11) is 0. The minimum Gasteiger partial charge on any atom is -0.452 e. The zero-order valence-corrected chi connectivity index (χ0v) is 14.6. The van der Waals surface area contributed by atoms with Crippen molar-refractivity contribution in [2.75, 3.05) is 11.9 Å². The van der Waals surface area contributed by atoms with Gasteiger partial charge >= 0.3 is 11.6 Å². The fourth-order valence-corrected chi connectivity index (χ4v) is 3.38. The van der Waals surface area contributed by atoms with Crippen molar-refractivity contribution in [3.63, 3.8) is 0 Å². The number of carbonyl (C=O) groups excluding carboxylic acids is 2. The number of carbonyl (C=O) groups is 2. The van der Waals surface area contributed by atoms with Crippen LogP contribution in [-0.2, 0) is 9.53 Å². The van der Waals surface area contributed by atoms with Crippen molar-refractivity contribution in [2.45, 2.75) is 0 Å². The van der Waals surface area contributed by atoms with Gasteiger partial charge in [-0.25, -0.2) is 14.6 Å². The van der Waals surface area contributed by atoms with E-state index in [0.29, 0.717) is 16.1 Å². The van der Waals surface area contributed by atoms with E-state index in [-0.39, 0.29) is 5.56 Å². The van der Waals surface area contributed by atoms with E-state index in [1.54, 1.807) is 24.3 Å². The summed E-state index contributed by atoms with van der Waals surface area (Å²) in [6, 6.07) is 15.6. The van der Waals surface area contributed by atoms with E-state index in [2.05, 4.69) is 10.3 Å². The van der Waals surface area contributed by atoms with Gasteiger partial charge in [0.2, 0.25) is 0 Å². The fraction of sp³-hybridized carbons (Fsp3) is 0.0526. The summed E-state index contributed by atoms with van der Waals surface area (Å²) in [6.45, 7) is -0.541. The van der Waals surface area contributed by atoms with Crippen LogP contribution in [0.5, 0.6) is 0 Å². The molecule has 4 aromatic rings. The number of hydrogen-bond donors (Lipinski definition) is 1. The normalized spacial score (nSPS) is 10.8. The molecule has 0 aliphatic rings. The first kappa shape index (κ1) is 16.9. The predicted molar refractivity (Wildman–Crippen MR) is 101 cm³/mol. The molecule has 8 heteroatoms. The van der Waals surface area contributed by atoms with Crippen LogP contribution in [0.4, 0.5) is 5.13 Å². The van der Waals surface area contributed by atoms with Crippen LogP contribution in [0.25, 0.3) is 21.2 Å². The molecule has 2 aromatic heterocycles. The molecule has 0 aliphatic carbocycles. The van der Waals surface area contributed by atoms with Crippen molar-refractivity contribution in [2.24, 2.45) is 0 Å². The molecule has 0 saturated carbocycles. The molecule has 2 aromatic carbocycles. The molecule has 0 atom stereocenters. The van der Waals surface area contributed by atoms with Gasteiger partial charge in [-0.05, 0) is 24.3 Å². The smallest absolute Gasteiger partial charge is 0.351 e.